The maximum Gasteiger partial charge on any atom is 0.290 e. The number of rotatable bonds is 3. The first kappa shape index (κ1) is 15.4. The van der Waals surface area contributed by atoms with Crippen LogP contribution in [0.4, 0.5) is 0 Å². The topological polar surface area (TPSA) is 37.9 Å². The zero-order chi connectivity index (χ0) is 16.5. The molecule has 4 nitrogen and oxygen atoms in total. The Morgan fingerprint density at radius 3 is 2.71 bits per heavy atom. The highest BCUT2D eigenvalue weighted by Crippen LogP contribution is 2.25. The van der Waals surface area contributed by atoms with Crippen LogP contribution in [0.5, 0.6) is 0 Å². The van der Waals surface area contributed by atoms with Gasteiger partial charge in [-0.05, 0) is 24.4 Å². The number of nitrogens with one attached hydrogen (secondary N) is 1. The summed E-state index contributed by atoms with van der Waals surface area (Å²) in [5, 5.41) is 3.15. The molecule has 0 spiro atoms. The molecule has 0 radical (unpaired) electrons. The molecule has 1 saturated heterocycles. The molecule has 3 heterocycles. The minimum absolute atomic E-state index is 0.0267. The van der Waals surface area contributed by atoms with Crippen LogP contribution in [0.25, 0.3) is 11.0 Å². The van der Waals surface area contributed by atoms with Crippen molar-refractivity contribution in [2.75, 3.05) is 26.2 Å². The van der Waals surface area contributed by atoms with Crippen LogP contribution in [0.2, 0.25) is 0 Å². The second kappa shape index (κ2) is 6.42. The molecule has 0 atom stereocenters. The third kappa shape index (κ3) is 2.85. The minimum Gasteiger partial charge on any atom is -0.451 e. The summed E-state index contributed by atoms with van der Waals surface area (Å²) in [6, 6.07) is 12.1. The van der Waals surface area contributed by atoms with Crippen molar-refractivity contribution in [3.05, 3.63) is 58.0 Å². The number of furan rings is 1. The molecule has 4 rings (SSSR count). The Balaban J connectivity index is 1.45. The molecule has 0 bridgehead atoms. The molecular weight excluding hydrogens is 320 g/mol. The SMILES string of the molecule is Cc1c(C(=O)N2CC[NH+](Cc3cccs3)CC2)oc2ccccc12. The fraction of sp³-hybridized carbons (Fsp3) is 0.316. The highest BCUT2D eigenvalue weighted by molar-refractivity contribution is 7.09. The van der Waals surface area contributed by atoms with E-state index in [4.69, 9.17) is 4.42 Å². The lowest BCUT2D eigenvalue weighted by atomic mass is 10.1. The first-order valence-corrected chi connectivity index (χ1v) is 9.23. The summed E-state index contributed by atoms with van der Waals surface area (Å²) in [6.45, 7) is 6.58. The van der Waals surface area contributed by atoms with E-state index >= 15 is 0 Å². The first-order valence-electron chi connectivity index (χ1n) is 8.36. The number of nitrogens with zero attached hydrogens (tertiary/aromatic N) is 1. The normalized spacial score (nSPS) is 16.0. The second-order valence-corrected chi connectivity index (χ2v) is 7.38. The molecule has 2 aromatic heterocycles. The molecule has 1 amide bonds. The van der Waals surface area contributed by atoms with E-state index in [1.54, 1.807) is 4.90 Å². The highest BCUT2D eigenvalue weighted by Gasteiger charge is 2.28. The van der Waals surface area contributed by atoms with Gasteiger partial charge in [0.15, 0.2) is 5.76 Å². The number of para-hydroxylation sites is 1. The maximum atomic E-state index is 12.8. The lowest BCUT2D eigenvalue weighted by Crippen LogP contribution is -3.13. The average molecular weight is 341 g/mol. The molecule has 3 aromatic rings. The van der Waals surface area contributed by atoms with E-state index in [-0.39, 0.29) is 5.91 Å². The number of benzene rings is 1. The molecule has 1 aliphatic rings. The van der Waals surface area contributed by atoms with Crippen LogP contribution in [0.3, 0.4) is 0 Å². The number of hydrogen-bond acceptors (Lipinski definition) is 3. The van der Waals surface area contributed by atoms with E-state index in [1.807, 2.05) is 47.4 Å². The molecule has 5 heteroatoms. The van der Waals surface area contributed by atoms with Crippen LogP contribution in [0, 0.1) is 6.92 Å². The van der Waals surface area contributed by atoms with Gasteiger partial charge in [-0.3, -0.25) is 4.79 Å². The number of thiophene rings is 1. The summed E-state index contributed by atoms with van der Waals surface area (Å²) < 4.78 is 5.83. The van der Waals surface area contributed by atoms with E-state index in [2.05, 4.69) is 17.5 Å². The van der Waals surface area contributed by atoms with Crippen molar-refractivity contribution in [1.82, 2.24) is 4.90 Å². The summed E-state index contributed by atoms with van der Waals surface area (Å²) in [5.74, 6) is 0.525. The third-order valence-corrected chi connectivity index (χ3v) is 5.68. The highest BCUT2D eigenvalue weighted by atomic mass is 32.1. The van der Waals surface area contributed by atoms with E-state index in [1.165, 1.54) is 4.88 Å². The molecule has 1 aromatic carbocycles. The zero-order valence-electron chi connectivity index (χ0n) is 13.7. The lowest BCUT2D eigenvalue weighted by molar-refractivity contribution is -0.917. The summed E-state index contributed by atoms with van der Waals surface area (Å²) in [6.07, 6.45) is 0. The van der Waals surface area contributed by atoms with E-state index in [9.17, 15) is 4.79 Å². The molecule has 1 N–H and O–H groups in total. The average Bonchev–Trinajstić information content (AvgIpc) is 3.23. The number of fused-ring (bicyclic) bond motifs is 1. The quantitative estimate of drug-likeness (QED) is 0.794. The number of aryl methyl sites for hydroxylation is 1. The van der Waals surface area contributed by atoms with Crippen LogP contribution in [-0.2, 0) is 6.54 Å². The molecule has 124 valence electrons. The standard InChI is InChI=1S/C19H20N2O2S/c1-14-16-6-2-3-7-17(16)23-18(14)19(22)21-10-8-20(9-11-21)13-15-5-4-12-24-15/h2-7,12H,8-11,13H2,1H3/p+1. The number of carbonyl (C=O) groups is 1. The monoisotopic (exact) mass is 341 g/mol. The largest absolute Gasteiger partial charge is 0.451 e. The van der Waals surface area contributed by atoms with Gasteiger partial charge in [-0.2, -0.15) is 0 Å². The lowest BCUT2D eigenvalue weighted by Gasteiger charge is -2.31. The summed E-state index contributed by atoms with van der Waals surface area (Å²) in [4.78, 5) is 17.7. The van der Waals surface area contributed by atoms with Crippen LogP contribution in [-0.4, -0.2) is 37.0 Å². The van der Waals surface area contributed by atoms with E-state index < -0.39 is 0 Å². The summed E-state index contributed by atoms with van der Waals surface area (Å²) in [7, 11) is 0. The number of piperazine rings is 1. The van der Waals surface area contributed by atoms with Gasteiger partial charge in [-0.1, -0.05) is 24.3 Å². The Bertz CT molecular complexity index is 846. The number of hydrogen-bond donors (Lipinski definition) is 1. The second-order valence-electron chi connectivity index (χ2n) is 6.35. The summed E-state index contributed by atoms with van der Waals surface area (Å²) in [5.41, 5.74) is 1.74. The van der Waals surface area contributed by atoms with Crippen molar-refractivity contribution < 1.29 is 14.1 Å². The van der Waals surface area contributed by atoms with Gasteiger partial charge in [0.2, 0.25) is 0 Å². The first-order chi connectivity index (χ1) is 11.7. The van der Waals surface area contributed by atoms with Gasteiger partial charge in [-0.15, -0.1) is 11.3 Å². The van der Waals surface area contributed by atoms with Crippen molar-refractivity contribution in [2.45, 2.75) is 13.5 Å². The fourth-order valence-corrected chi connectivity index (χ4v) is 4.16. The number of quaternary nitrogens is 1. The number of amides is 1. The van der Waals surface area contributed by atoms with Gasteiger partial charge < -0.3 is 14.2 Å². The zero-order valence-corrected chi connectivity index (χ0v) is 14.6. The molecule has 24 heavy (non-hydrogen) atoms. The molecule has 0 unspecified atom stereocenters. The molecule has 1 fully saturated rings. The Hall–Kier alpha value is -2.11. The molecule has 0 saturated carbocycles. The maximum absolute atomic E-state index is 12.8. The fourth-order valence-electron chi connectivity index (χ4n) is 3.38. The van der Waals surface area contributed by atoms with Crippen LogP contribution in [0.1, 0.15) is 21.0 Å². The van der Waals surface area contributed by atoms with Crippen molar-refractivity contribution in [2.24, 2.45) is 0 Å². The molecule has 1 aliphatic heterocycles. The van der Waals surface area contributed by atoms with Gasteiger partial charge in [0.1, 0.15) is 12.1 Å². The van der Waals surface area contributed by atoms with Crippen molar-refractivity contribution in [3.63, 3.8) is 0 Å². The van der Waals surface area contributed by atoms with Crippen molar-refractivity contribution in [3.8, 4) is 0 Å². The van der Waals surface area contributed by atoms with Crippen molar-refractivity contribution in [1.29, 1.82) is 0 Å². The van der Waals surface area contributed by atoms with Gasteiger partial charge in [-0.25, -0.2) is 0 Å². The van der Waals surface area contributed by atoms with Gasteiger partial charge in [0.05, 0.1) is 31.1 Å². The molecule has 0 aliphatic carbocycles. The van der Waals surface area contributed by atoms with Gasteiger partial charge >= 0.3 is 0 Å². The van der Waals surface area contributed by atoms with Crippen LogP contribution >= 0.6 is 11.3 Å². The Morgan fingerprint density at radius 1 is 1.21 bits per heavy atom. The van der Waals surface area contributed by atoms with E-state index in [0.717, 1.165) is 49.3 Å². The van der Waals surface area contributed by atoms with Crippen LogP contribution in [0.15, 0.2) is 46.2 Å². The Morgan fingerprint density at radius 2 is 2.00 bits per heavy atom. The predicted octanol–water partition coefficient (Wildman–Crippen LogP) is 2.34. The number of carbonyl (C=O) groups excluding carboxylic acids is 1. The smallest absolute Gasteiger partial charge is 0.290 e. The third-order valence-electron chi connectivity index (χ3n) is 4.80. The molecular formula is C19H21N2O2S+. The minimum atomic E-state index is 0.0267. The van der Waals surface area contributed by atoms with Crippen LogP contribution < -0.4 is 4.90 Å². The van der Waals surface area contributed by atoms with Gasteiger partial charge in [0, 0.05) is 10.9 Å². The van der Waals surface area contributed by atoms with E-state index in [0.29, 0.717) is 5.76 Å². The Labute approximate surface area is 145 Å². The Kier molecular flexibility index (Phi) is 4.12. The van der Waals surface area contributed by atoms with Gasteiger partial charge in [0.25, 0.3) is 5.91 Å². The van der Waals surface area contributed by atoms with Crippen molar-refractivity contribution >= 4 is 28.2 Å². The summed E-state index contributed by atoms with van der Waals surface area (Å²) >= 11 is 1.81. The predicted molar refractivity (Wildman–Crippen MR) is 95.6 cm³/mol.